The van der Waals surface area contributed by atoms with E-state index >= 15 is 0 Å². The van der Waals surface area contributed by atoms with Gasteiger partial charge in [-0.2, -0.15) is 0 Å². The van der Waals surface area contributed by atoms with Gasteiger partial charge in [0.25, 0.3) is 0 Å². The first-order valence-electron chi connectivity index (χ1n) is 1.26. The number of rotatable bonds is 1. The Hall–Kier alpha value is -0.190. The smallest absolute Gasteiger partial charge is 0.205 e. The summed E-state index contributed by atoms with van der Waals surface area (Å²) >= 11 is 4.29. The van der Waals surface area contributed by atoms with E-state index in [0.29, 0.717) is 0 Å². The highest BCUT2D eigenvalue weighted by Crippen LogP contribution is 1.75. The zero-order valence-electron chi connectivity index (χ0n) is 3.17. The lowest BCUT2D eigenvalue weighted by atomic mass is 10.9. The maximum absolute atomic E-state index is 7.43. The molecule has 0 aliphatic carbocycles. The minimum atomic E-state index is 0.150. The third-order valence-corrected chi connectivity index (χ3v) is 0.223. The van der Waals surface area contributed by atoms with Crippen molar-refractivity contribution in [2.24, 2.45) is 0 Å². The molecule has 0 aromatic rings. The van der Waals surface area contributed by atoms with E-state index in [1.54, 1.807) is 0 Å². The second-order valence-corrected chi connectivity index (χ2v) is 1.22. The summed E-state index contributed by atoms with van der Waals surface area (Å²) in [5, 5.41) is 10.7. The van der Waals surface area contributed by atoms with Crippen LogP contribution in [0.2, 0.25) is 0 Å². The second kappa shape index (κ2) is 3.02. The second-order valence-electron chi connectivity index (χ2n) is 0.649. The molecule has 6 heavy (non-hydrogen) atoms. The molecule has 0 heterocycles. The SMILES string of the molecule is CC(=S)OOO. The van der Waals surface area contributed by atoms with E-state index in [4.69, 9.17) is 5.26 Å². The minimum Gasteiger partial charge on any atom is -0.301 e. The zero-order valence-corrected chi connectivity index (χ0v) is 3.99. The van der Waals surface area contributed by atoms with Crippen LogP contribution in [0.25, 0.3) is 0 Å². The number of hydrogen-bond acceptors (Lipinski definition) is 4. The van der Waals surface area contributed by atoms with Crippen LogP contribution in [0.5, 0.6) is 0 Å². The Morgan fingerprint density at radius 1 is 1.83 bits per heavy atom. The summed E-state index contributed by atoms with van der Waals surface area (Å²) < 4.78 is 0. The molecule has 0 aromatic heterocycles. The molecule has 0 aliphatic rings. The molecule has 0 atom stereocenters. The first-order chi connectivity index (χ1) is 2.77. The third kappa shape index (κ3) is 3.81. The van der Waals surface area contributed by atoms with Crippen molar-refractivity contribution in [3.8, 4) is 0 Å². The van der Waals surface area contributed by atoms with Crippen molar-refractivity contribution in [2.45, 2.75) is 6.92 Å². The number of hydrogen-bond donors (Lipinski definition) is 1. The van der Waals surface area contributed by atoms with Gasteiger partial charge in [-0.3, -0.25) is 0 Å². The van der Waals surface area contributed by atoms with Crippen molar-refractivity contribution in [1.29, 1.82) is 0 Å². The van der Waals surface area contributed by atoms with Crippen molar-refractivity contribution in [3.05, 3.63) is 0 Å². The van der Waals surface area contributed by atoms with Gasteiger partial charge in [-0.05, 0) is 17.3 Å². The lowest BCUT2D eigenvalue weighted by Gasteiger charge is -1.88. The predicted molar refractivity (Wildman–Crippen MR) is 23.1 cm³/mol. The van der Waals surface area contributed by atoms with Gasteiger partial charge in [-0.15, -0.1) is 0 Å². The molecule has 0 amide bonds. The molecule has 0 fully saturated rings. The fourth-order valence-electron chi connectivity index (χ4n) is 0.0525. The topological polar surface area (TPSA) is 38.7 Å². The predicted octanol–water partition coefficient (Wildman–Crippen LogP) is 0.755. The van der Waals surface area contributed by atoms with E-state index < -0.39 is 0 Å². The van der Waals surface area contributed by atoms with Gasteiger partial charge in [0.15, 0.2) is 0 Å². The largest absolute Gasteiger partial charge is 0.301 e. The molecule has 0 aliphatic heterocycles. The van der Waals surface area contributed by atoms with Crippen LogP contribution >= 0.6 is 12.2 Å². The average Bonchev–Trinajstić information content (AvgIpc) is 1.35. The maximum atomic E-state index is 7.43. The highest BCUT2D eigenvalue weighted by atomic mass is 32.1. The molecule has 0 unspecified atom stereocenters. The van der Waals surface area contributed by atoms with Crippen LogP contribution in [-0.2, 0) is 9.93 Å². The molecule has 0 radical (unpaired) electrons. The summed E-state index contributed by atoms with van der Waals surface area (Å²) in [7, 11) is 0. The van der Waals surface area contributed by atoms with Crippen molar-refractivity contribution < 1.29 is 15.2 Å². The third-order valence-electron chi connectivity index (χ3n) is 0.155. The van der Waals surface area contributed by atoms with Gasteiger partial charge in [-0.25, -0.2) is 5.26 Å². The van der Waals surface area contributed by atoms with Gasteiger partial charge in [0, 0.05) is 6.92 Å². The van der Waals surface area contributed by atoms with Crippen LogP contribution in [0.1, 0.15) is 6.92 Å². The molecule has 4 heteroatoms. The molecule has 1 N–H and O–H groups in total. The highest BCUT2D eigenvalue weighted by molar-refractivity contribution is 7.80. The minimum absolute atomic E-state index is 0.150. The Kier molecular flexibility index (Phi) is 2.92. The first kappa shape index (κ1) is 5.81. The fraction of sp³-hybridized carbons (Fsp3) is 0.500. The Labute approximate surface area is 40.3 Å². The number of thiocarbonyl (C=S) groups is 1. The van der Waals surface area contributed by atoms with Gasteiger partial charge in [0.05, 0.1) is 0 Å². The molecule has 0 saturated carbocycles. The van der Waals surface area contributed by atoms with Gasteiger partial charge in [0.2, 0.25) is 5.05 Å². The summed E-state index contributed by atoms with van der Waals surface area (Å²) in [6.07, 6.45) is 0. The van der Waals surface area contributed by atoms with Crippen molar-refractivity contribution in [2.75, 3.05) is 0 Å². The summed E-state index contributed by atoms with van der Waals surface area (Å²) in [5.74, 6) is 0. The zero-order chi connectivity index (χ0) is 4.99. The van der Waals surface area contributed by atoms with Crippen LogP contribution in [0, 0.1) is 0 Å². The molecule has 3 nitrogen and oxygen atoms in total. The normalized spacial score (nSPS) is 7.67. The van der Waals surface area contributed by atoms with E-state index in [2.05, 4.69) is 22.1 Å². The van der Waals surface area contributed by atoms with Crippen LogP contribution < -0.4 is 0 Å². The first-order valence-corrected chi connectivity index (χ1v) is 1.67. The molecule has 0 spiro atoms. The lowest BCUT2D eigenvalue weighted by molar-refractivity contribution is -0.448. The quantitative estimate of drug-likeness (QED) is 0.305. The van der Waals surface area contributed by atoms with Gasteiger partial charge >= 0.3 is 0 Å². The van der Waals surface area contributed by atoms with Crippen molar-refractivity contribution in [3.63, 3.8) is 0 Å². The molecule has 0 saturated heterocycles. The van der Waals surface area contributed by atoms with Crippen LogP contribution in [0.4, 0.5) is 0 Å². The Morgan fingerprint density at radius 3 is 2.33 bits per heavy atom. The molecule has 0 bridgehead atoms. The highest BCUT2D eigenvalue weighted by Gasteiger charge is 1.79. The van der Waals surface area contributed by atoms with Gasteiger partial charge in [-0.1, -0.05) is 0 Å². The maximum Gasteiger partial charge on any atom is 0.205 e. The van der Waals surface area contributed by atoms with Crippen molar-refractivity contribution >= 4 is 17.3 Å². The van der Waals surface area contributed by atoms with Crippen LogP contribution in [-0.4, -0.2) is 10.3 Å². The van der Waals surface area contributed by atoms with E-state index in [1.165, 1.54) is 6.92 Å². The van der Waals surface area contributed by atoms with E-state index in [-0.39, 0.29) is 5.05 Å². The standard InChI is InChI=1S/C2H4O3S/c1-2(6)4-5-3/h3H,1H3. The molecular formula is C2H4O3S. The van der Waals surface area contributed by atoms with E-state index in [1.807, 2.05) is 0 Å². The van der Waals surface area contributed by atoms with E-state index in [0.717, 1.165) is 0 Å². The molecule has 0 rings (SSSR count). The Morgan fingerprint density at radius 2 is 2.33 bits per heavy atom. The molecule has 0 aromatic carbocycles. The summed E-state index contributed by atoms with van der Waals surface area (Å²) in [5.41, 5.74) is 0. The van der Waals surface area contributed by atoms with Crippen LogP contribution in [0.15, 0.2) is 0 Å². The van der Waals surface area contributed by atoms with Gasteiger partial charge in [0.1, 0.15) is 0 Å². The monoisotopic (exact) mass is 108 g/mol. The van der Waals surface area contributed by atoms with Gasteiger partial charge < -0.3 is 4.89 Å². The lowest BCUT2D eigenvalue weighted by Crippen LogP contribution is -1.92. The Balaban J connectivity index is 2.83. The van der Waals surface area contributed by atoms with Crippen molar-refractivity contribution in [1.82, 2.24) is 0 Å². The fourth-order valence-corrected chi connectivity index (χ4v) is 0.0829. The summed E-state index contributed by atoms with van der Waals surface area (Å²) in [6, 6.07) is 0. The average molecular weight is 108 g/mol. The Bertz CT molecular complexity index is 52.8. The van der Waals surface area contributed by atoms with Crippen LogP contribution in [0.3, 0.4) is 0 Å². The summed E-state index contributed by atoms with van der Waals surface area (Å²) in [4.78, 5) is 3.83. The molecule has 36 valence electrons. The van der Waals surface area contributed by atoms with E-state index in [9.17, 15) is 0 Å². The molecular weight excluding hydrogens is 104 g/mol. The summed E-state index contributed by atoms with van der Waals surface area (Å²) in [6.45, 7) is 1.48.